The summed E-state index contributed by atoms with van der Waals surface area (Å²) in [6.07, 6.45) is 7.35. The highest BCUT2D eigenvalue weighted by atomic mass is 14.8. The van der Waals surface area contributed by atoms with E-state index in [2.05, 4.69) is 92.7 Å². The summed E-state index contributed by atoms with van der Waals surface area (Å²) in [4.78, 5) is 18.3. The maximum atomic E-state index is 4.62. The number of rotatable bonds is 4. The molecule has 38 heavy (non-hydrogen) atoms. The Kier molecular flexibility index (Phi) is 5.41. The summed E-state index contributed by atoms with van der Waals surface area (Å²) in [7, 11) is 0. The van der Waals surface area contributed by atoms with Crippen molar-refractivity contribution < 1.29 is 0 Å². The molecule has 0 fully saturated rings. The van der Waals surface area contributed by atoms with Crippen LogP contribution in [0.1, 0.15) is 0 Å². The maximum absolute atomic E-state index is 4.62. The van der Waals surface area contributed by atoms with Crippen LogP contribution in [0.25, 0.3) is 66.6 Å². The van der Waals surface area contributed by atoms with Crippen molar-refractivity contribution in [1.82, 2.24) is 19.9 Å². The third-order valence-corrected chi connectivity index (χ3v) is 6.88. The van der Waals surface area contributed by atoms with E-state index >= 15 is 0 Å². The molecule has 7 aromatic rings. The van der Waals surface area contributed by atoms with Crippen molar-refractivity contribution in [2.45, 2.75) is 0 Å². The van der Waals surface area contributed by atoms with Crippen LogP contribution in [0, 0.1) is 0 Å². The lowest BCUT2D eigenvalue weighted by atomic mass is 9.86. The van der Waals surface area contributed by atoms with E-state index in [4.69, 9.17) is 0 Å². The predicted molar refractivity (Wildman–Crippen MR) is 154 cm³/mol. The van der Waals surface area contributed by atoms with Gasteiger partial charge in [0.15, 0.2) is 0 Å². The van der Waals surface area contributed by atoms with Gasteiger partial charge in [-0.25, -0.2) is 0 Å². The number of pyridine rings is 4. The molecule has 0 N–H and O–H groups in total. The van der Waals surface area contributed by atoms with Gasteiger partial charge in [0, 0.05) is 24.8 Å². The summed E-state index contributed by atoms with van der Waals surface area (Å²) in [5.74, 6) is 0. The van der Waals surface area contributed by atoms with Crippen LogP contribution in [0.4, 0.5) is 0 Å². The molecule has 4 heterocycles. The van der Waals surface area contributed by atoms with Crippen LogP contribution in [-0.2, 0) is 0 Å². The van der Waals surface area contributed by atoms with Gasteiger partial charge in [-0.1, -0.05) is 60.7 Å². The van der Waals surface area contributed by atoms with Gasteiger partial charge in [0.25, 0.3) is 0 Å². The second-order valence-electron chi connectivity index (χ2n) is 9.13. The van der Waals surface area contributed by atoms with E-state index in [0.717, 1.165) is 33.9 Å². The summed E-state index contributed by atoms with van der Waals surface area (Å²) in [5, 5.41) is 4.76. The number of nitrogens with zero attached hydrogens (tertiary/aromatic N) is 4. The lowest BCUT2D eigenvalue weighted by Gasteiger charge is -2.18. The van der Waals surface area contributed by atoms with E-state index in [1.54, 1.807) is 12.4 Å². The minimum Gasteiger partial charge on any atom is -0.255 e. The Balaban J connectivity index is 1.51. The summed E-state index contributed by atoms with van der Waals surface area (Å²) in [6.45, 7) is 0. The SMILES string of the molecule is c1ccc(-c2cc(-c3c4ccccc4c(-c4ccnc(-c5ccccn5)c4)c4ccccc34)ccn2)nc1. The van der Waals surface area contributed by atoms with Gasteiger partial charge >= 0.3 is 0 Å². The van der Waals surface area contributed by atoms with E-state index in [0.29, 0.717) is 0 Å². The minimum absolute atomic E-state index is 0.856. The van der Waals surface area contributed by atoms with Gasteiger partial charge in [0.2, 0.25) is 0 Å². The Morgan fingerprint density at radius 2 is 0.684 bits per heavy atom. The van der Waals surface area contributed by atoms with Gasteiger partial charge in [-0.05, 0) is 92.3 Å². The van der Waals surface area contributed by atoms with Crippen LogP contribution in [0.15, 0.2) is 134 Å². The molecule has 3 aromatic carbocycles. The van der Waals surface area contributed by atoms with E-state index in [1.807, 2.05) is 48.8 Å². The third-order valence-electron chi connectivity index (χ3n) is 6.88. The average Bonchev–Trinajstić information content (AvgIpc) is 3.01. The number of fused-ring (bicyclic) bond motifs is 2. The Labute approximate surface area is 220 Å². The fourth-order valence-electron chi connectivity index (χ4n) is 5.23. The summed E-state index contributed by atoms with van der Waals surface area (Å²) < 4.78 is 0. The highest BCUT2D eigenvalue weighted by Gasteiger charge is 2.17. The molecule has 0 saturated carbocycles. The van der Waals surface area contributed by atoms with Gasteiger partial charge in [0.1, 0.15) is 0 Å². The van der Waals surface area contributed by atoms with Crippen LogP contribution in [0.5, 0.6) is 0 Å². The Bertz CT molecular complexity index is 1720. The normalized spacial score (nSPS) is 11.2. The van der Waals surface area contributed by atoms with Crippen LogP contribution in [-0.4, -0.2) is 19.9 Å². The maximum Gasteiger partial charge on any atom is 0.0892 e. The number of hydrogen-bond acceptors (Lipinski definition) is 4. The number of hydrogen-bond donors (Lipinski definition) is 0. The first-order valence-electron chi connectivity index (χ1n) is 12.6. The van der Waals surface area contributed by atoms with Crippen LogP contribution >= 0.6 is 0 Å². The molecule has 0 aliphatic rings. The third kappa shape index (κ3) is 3.80. The molecule has 7 rings (SSSR count). The van der Waals surface area contributed by atoms with Crippen molar-refractivity contribution >= 4 is 21.5 Å². The molecule has 0 radical (unpaired) electrons. The zero-order chi connectivity index (χ0) is 25.3. The summed E-state index contributed by atoms with van der Waals surface area (Å²) >= 11 is 0. The first kappa shape index (κ1) is 22.0. The molecule has 0 unspecified atom stereocenters. The smallest absolute Gasteiger partial charge is 0.0892 e. The van der Waals surface area contributed by atoms with Crippen molar-refractivity contribution in [3.05, 3.63) is 134 Å². The molecular weight excluding hydrogens is 464 g/mol. The Morgan fingerprint density at radius 1 is 0.316 bits per heavy atom. The minimum atomic E-state index is 0.856. The molecule has 0 saturated heterocycles. The molecule has 0 aliphatic heterocycles. The first-order valence-corrected chi connectivity index (χ1v) is 12.6. The molecule has 4 aromatic heterocycles. The van der Waals surface area contributed by atoms with Crippen LogP contribution in [0.2, 0.25) is 0 Å². The van der Waals surface area contributed by atoms with Gasteiger partial charge in [0.05, 0.1) is 22.8 Å². The largest absolute Gasteiger partial charge is 0.255 e. The lowest BCUT2D eigenvalue weighted by Crippen LogP contribution is -1.93. The van der Waals surface area contributed by atoms with Crippen molar-refractivity contribution in [2.24, 2.45) is 0 Å². The number of benzene rings is 3. The fourth-order valence-corrected chi connectivity index (χ4v) is 5.23. The molecule has 0 amide bonds. The molecule has 4 heteroatoms. The zero-order valence-corrected chi connectivity index (χ0v) is 20.5. The van der Waals surface area contributed by atoms with Crippen molar-refractivity contribution in [1.29, 1.82) is 0 Å². The Morgan fingerprint density at radius 3 is 1.05 bits per heavy atom. The standard InChI is InChI=1S/C34H22N4/c1-2-10-26-25(9-1)33(23-15-19-37-31(21-23)29-13-5-7-17-35-29)27-11-3-4-12-28(27)34(26)24-16-20-38-32(22-24)30-14-6-8-18-36-30/h1-22H. The van der Waals surface area contributed by atoms with Gasteiger partial charge < -0.3 is 0 Å². The zero-order valence-electron chi connectivity index (χ0n) is 20.5. The van der Waals surface area contributed by atoms with Gasteiger partial charge in [-0.2, -0.15) is 0 Å². The average molecular weight is 487 g/mol. The first-order chi connectivity index (χ1) is 18.9. The molecule has 0 bridgehead atoms. The second kappa shape index (κ2) is 9.34. The van der Waals surface area contributed by atoms with Crippen LogP contribution in [0.3, 0.4) is 0 Å². The second-order valence-corrected chi connectivity index (χ2v) is 9.13. The van der Waals surface area contributed by atoms with E-state index in [1.165, 1.54) is 32.7 Å². The fraction of sp³-hybridized carbons (Fsp3) is 0. The summed E-state index contributed by atoms with van der Waals surface area (Å²) in [5.41, 5.74) is 8.05. The Hall–Kier alpha value is -5.22. The molecular formula is C34H22N4. The quantitative estimate of drug-likeness (QED) is 0.235. The number of aromatic nitrogens is 4. The van der Waals surface area contributed by atoms with Gasteiger partial charge in [-0.15, -0.1) is 0 Å². The topological polar surface area (TPSA) is 51.6 Å². The predicted octanol–water partition coefficient (Wildman–Crippen LogP) is 8.24. The molecule has 0 atom stereocenters. The highest BCUT2D eigenvalue weighted by molar-refractivity contribution is 6.21. The molecule has 0 aliphatic carbocycles. The van der Waals surface area contributed by atoms with Crippen LogP contribution < -0.4 is 0 Å². The van der Waals surface area contributed by atoms with Crippen molar-refractivity contribution in [3.63, 3.8) is 0 Å². The van der Waals surface area contributed by atoms with E-state index in [-0.39, 0.29) is 0 Å². The molecule has 4 nitrogen and oxygen atoms in total. The lowest BCUT2D eigenvalue weighted by molar-refractivity contribution is 1.25. The van der Waals surface area contributed by atoms with Crippen molar-refractivity contribution in [2.75, 3.05) is 0 Å². The highest BCUT2D eigenvalue weighted by Crippen LogP contribution is 2.44. The van der Waals surface area contributed by atoms with Gasteiger partial charge in [-0.3, -0.25) is 19.9 Å². The molecule has 0 spiro atoms. The summed E-state index contributed by atoms with van der Waals surface area (Å²) in [6, 6.07) is 37.5. The van der Waals surface area contributed by atoms with E-state index < -0.39 is 0 Å². The molecule has 178 valence electrons. The van der Waals surface area contributed by atoms with Crippen molar-refractivity contribution in [3.8, 4) is 45.0 Å². The monoisotopic (exact) mass is 486 g/mol. The van der Waals surface area contributed by atoms with E-state index in [9.17, 15) is 0 Å².